The van der Waals surface area contributed by atoms with Crippen molar-refractivity contribution in [1.82, 2.24) is 9.55 Å². The van der Waals surface area contributed by atoms with Crippen LogP contribution in [0.15, 0.2) is 59.4 Å². The molecule has 1 atom stereocenters. The summed E-state index contributed by atoms with van der Waals surface area (Å²) in [5.41, 5.74) is 3.10. The fourth-order valence-electron chi connectivity index (χ4n) is 2.82. The summed E-state index contributed by atoms with van der Waals surface area (Å²) < 4.78 is 1.62. The Labute approximate surface area is 150 Å². The van der Waals surface area contributed by atoms with Gasteiger partial charge in [-0.2, -0.15) is 0 Å². The average molecular weight is 359 g/mol. The molecule has 1 heterocycles. The molecule has 0 unspecified atom stereocenters. The minimum Gasteiger partial charge on any atom is -0.295 e. The lowest BCUT2D eigenvalue weighted by Gasteiger charge is -2.22. The van der Waals surface area contributed by atoms with E-state index in [0.29, 0.717) is 5.69 Å². The van der Waals surface area contributed by atoms with Crippen molar-refractivity contribution in [1.29, 1.82) is 0 Å². The van der Waals surface area contributed by atoms with E-state index in [9.17, 15) is 4.79 Å². The molecule has 122 valence electrons. The molecular formula is C19H16Cl2N2O. The fourth-order valence-corrected chi connectivity index (χ4v) is 3.31. The molecule has 0 aliphatic carbocycles. The van der Waals surface area contributed by atoms with E-state index < -0.39 is 0 Å². The van der Waals surface area contributed by atoms with Gasteiger partial charge in [0, 0.05) is 5.56 Å². The summed E-state index contributed by atoms with van der Waals surface area (Å²) in [5.74, 6) is 0. The van der Waals surface area contributed by atoms with E-state index in [0.717, 1.165) is 16.7 Å². The van der Waals surface area contributed by atoms with Gasteiger partial charge in [0.2, 0.25) is 0 Å². The van der Waals surface area contributed by atoms with Gasteiger partial charge < -0.3 is 0 Å². The SMILES string of the molecule is Cc1ccccc1-c1c(Cl)nc(Cl)c(=O)n1[C@@H](C)c1ccccc1. The van der Waals surface area contributed by atoms with Gasteiger partial charge in [0.05, 0.1) is 11.7 Å². The van der Waals surface area contributed by atoms with Crippen molar-refractivity contribution in [3.05, 3.63) is 86.4 Å². The summed E-state index contributed by atoms with van der Waals surface area (Å²) in [6.07, 6.45) is 0. The molecule has 24 heavy (non-hydrogen) atoms. The Morgan fingerprint density at radius 2 is 1.58 bits per heavy atom. The number of halogens is 2. The molecule has 0 N–H and O–H groups in total. The Morgan fingerprint density at radius 1 is 0.958 bits per heavy atom. The topological polar surface area (TPSA) is 34.9 Å². The van der Waals surface area contributed by atoms with Crippen LogP contribution in [0.3, 0.4) is 0 Å². The molecule has 1 aromatic heterocycles. The first-order chi connectivity index (χ1) is 11.5. The molecule has 0 amide bonds. The third kappa shape index (κ3) is 2.97. The quantitative estimate of drug-likeness (QED) is 0.649. The number of nitrogens with zero attached hydrogens (tertiary/aromatic N) is 2. The maximum absolute atomic E-state index is 12.8. The molecule has 0 saturated carbocycles. The number of hydrogen-bond donors (Lipinski definition) is 0. The van der Waals surface area contributed by atoms with Gasteiger partial charge in [0.1, 0.15) is 0 Å². The average Bonchev–Trinajstić information content (AvgIpc) is 2.59. The molecule has 0 aliphatic heterocycles. The monoisotopic (exact) mass is 358 g/mol. The summed E-state index contributed by atoms with van der Waals surface area (Å²) in [7, 11) is 0. The smallest absolute Gasteiger partial charge is 0.289 e. The molecule has 0 radical (unpaired) electrons. The Bertz CT molecular complexity index is 936. The fraction of sp³-hybridized carbons (Fsp3) is 0.158. The van der Waals surface area contributed by atoms with Gasteiger partial charge >= 0.3 is 0 Å². The van der Waals surface area contributed by atoms with Crippen LogP contribution >= 0.6 is 23.2 Å². The van der Waals surface area contributed by atoms with E-state index in [1.807, 2.05) is 68.4 Å². The molecule has 5 heteroatoms. The predicted octanol–water partition coefficient (Wildman–Crippen LogP) is 5.13. The van der Waals surface area contributed by atoms with Crippen LogP contribution in [0.5, 0.6) is 0 Å². The van der Waals surface area contributed by atoms with Crippen LogP contribution in [0.2, 0.25) is 10.3 Å². The Kier molecular flexibility index (Phi) is 4.74. The standard InChI is InChI=1S/C19H16Cl2N2O/c1-12-8-6-7-11-15(12)16-17(20)22-18(21)19(24)23(16)13(2)14-9-4-3-5-10-14/h3-11,13H,1-2H3/t13-/m0/s1. The van der Waals surface area contributed by atoms with Crippen molar-refractivity contribution < 1.29 is 0 Å². The molecule has 3 aromatic rings. The lowest BCUT2D eigenvalue weighted by atomic mass is 10.0. The van der Waals surface area contributed by atoms with Crippen LogP contribution in [0, 0.1) is 6.92 Å². The number of aryl methyl sites for hydroxylation is 1. The highest BCUT2D eigenvalue weighted by atomic mass is 35.5. The molecular weight excluding hydrogens is 343 g/mol. The van der Waals surface area contributed by atoms with Crippen LogP contribution in [-0.4, -0.2) is 9.55 Å². The first-order valence-electron chi connectivity index (χ1n) is 7.59. The van der Waals surface area contributed by atoms with Crippen molar-refractivity contribution in [2.75, 3.05) is 0 Å². The zero-order valence-corrected chi connectivity index (χ0v) is 14.8. The van der Waals surface area contributed by atoms with E-state index in [-0.39, 0.29) is 21.9 Å². The van der Waals surface area contributed by atoms with E-state index in [2.05, 4.69) is 4.98 Å². The maximum atomic E-state index is 12.8. The highest BCUT2D eigenvalue weighted by molar-refractivity contribution is 6.33. The van der Waals surface area contributed by atoms with Crippen LogP contribution in [0.4, 0.5) is 0 Å². The second-order valence-electron chi connectivity index (χ2n) is 5.62. The van der Waals surface area contributed by atoms with Gasteiger partial charge in [-0.25, -0.2) is 4.98 Å². The van der Waals surface area contributed by atoms with Gasteiger partial charge in [-0.15, -0.1) is 0 Å². The molecule has 0 saturated heterocycles. The summed E-state index contributed by atoms with van der Waals surface area (Å²) in [5, 5.41) is 0.0943. The number of hydrogen-bond acceptors (Lipinski definition) is 2. The predicted molar refractivity (Wildman–Crippen MR) is 98.9 cm³/mol. The highest BCUT2D eigenvalue weighted by Crippen LogP contribution is 2.32. The van der Waals surface area contributed by atoms with E-state index in [1.54, 1.807) is 4.57 Å². The molecule has 0 bridgehead atoms. The Morgan fingerprint density at radius 3 is 2.25 bits per heavy atom. The minimum absolute atomic E-state index is 0.125. The van der Waals surface area contributed by atoms with E-state index in [1.165, 1.54) is 0 Å². The normalized spacial score (nSPS) is 12.2. The maximum Gasteiger partial charge on any atom is 0.289 e. The van der Waals surface area contributed by atoms with Crippen LogP contribution in [-0.2, 0) is 0 Å². The summed E-state index contributed by atoms with van der Waals surface area (Å²) in [6, 6.07) is 17.3. The van der Waals surface area contributed by atoms with Crippen molar-refractivity contribution in [2.24, 2.45) is 0 Å². The van der Waals surface area contributed by atoms with Crippen molar-refractivity contribution >= 4 is 23.2 Å². The van der Waals surface area contributed by atoms with Gasteiger partial charge in [0.15, 0.2) is 10.3 Å². The van der Waals surface area contributed by atoms with Gasteiger partial charge in [-0.3, -0.25) is 9.36 Å². The first-order valence-corrected chi connectivity index (χ1v) is 8.34. The second-order valence-corrected chi connectivity index (χ2v) is 6.33. The van der Waals surface area contributed by atoms with Crippen LogP contribution in [0.25, 0.3) is 11.3 Å². The Hall–Kier alpha value is -2.10. The van der Waals surface area contributed by atoms with Gasteiger partial charge in [-0.1, -0.05) is 77.8 Å². The second kappa shape index (κ2) is 6.80. The number of aromatic nitrogens is 2. The minimum atomic E-state index is -0.351. The van der Waals surface area contributed by atoms with Crippen molar-refractivity contribution in [2.45, 2.75) is 19.9 Å². The molecule has 0 spiro atoms. The number of rotatable bonds is 3. The lowest BCUT2D eigenvalue weighted by Crippen LogP contribution is -2.27. The third-order valence-electron chi connectivity index (χ3n) is 4.10. The summed E-state index contributed by atoms with van der Waals surface area (Å²) in [6.45, 7) is 3.92. The molecule has 0 aliphatic rings. The summed E-state index contributed by atoms with van der Waals surface area (Å²) in [4.78, 5) is 16.8. The van der Waals surface area contributed by atoms with Gasteiger partial charge in [0.25, 0.3) is 5.56 Å². The molecule has 2 aromatic carbocycles. The Balaban J connectivity index is 2.33. The molecule has 0 fully saturated rings. The highest BCUT2D eigenvalue weighted by Gasteiger charge is 2.21. The lowest BCUT2D eigenvalue weighted by molar-refractivity contribution is 0.617. The zero-order chi connectivity index (χ0) is 17.3. The van der Waals surface area contributed by atoms with E-state index in [4.69, 9.17) is 23.2 Å². The van der Waals surface area contributed by atoms with Crippen LogP contribution in [0.1, 0.15) is 24.1 Å². The third-order valence-corrected chi connectivity index (χ3v) is 4.61. The van der Waals surface area contributed by atoms with Crippen LogP contribution < -0.4 is 5.56 Å². The first kappa shape index (κ1) is 16.7. The molecule has 3 nitrogen and oxygen atoms in total. The molecule has 3 rings (SSSR count). The van der Waals surface area contributed by atoms with Crippen molar-refractivity contribution in [3.8, 4) is 11.3 Å². The zero-order valence-electron chi connectivity index (χ0n) is 13.3. The van der Waals surface area contributed by atoms with Crippen molar-refractivity contribution in [3.63, 3.8) is 0 Å². The largest absolute Gasteiger partial charge is 0.295 e. The van der Waals surface area contributed by atoms with E-state index >= 15 is 0 Å². The number of benzene rings is 2. The summed E-state index contributed by atoms with van der Waals surface area (Å²) >= 11 is 12.4. The van der Waals surface area contributed by atoms with Gasteiger partial charge in [-0.05, 0) is 25.0 Å².